The second-order valence-electron chi connectivity index (χ2n) is 5.96. The van der Waals surface area contributed by atoms with Crippen molar-refractivity contribution in [1.82, 2.24) is 4.90 Å². The number of nitrogens with one attached hydrogen (secondary N) is 1. The van der Waals surface area contributed by atoms with E-state index in [9.17, 15) is 14.7 Å². The quantitative estimate of drug-likeness (QED) is 0.592. The van der Waals surface area contributed by atoms with Crippen LogP contribution in [0.15, 0.2) is 53.4 Å². The molecular formula is C20H18N2O3S2. The molecule has 0 aromatic heterocycles. The zero-order chi connectivity index (χ0) is 19.4. The molecule has 1 aliphatic rings. The maximum Gasteiger partial charge on any atom is 0.266 e. The number of phenolic OH excluding ortho intramolecular Hbond substituents is 1. The normalized spacial score (nSPS) is 15.4. The van der Waals surface area contributed by atoms with Crippen LogP contribution in [0.4, 0.5) is 5.69 Å². The van der Waals surface area contributed by atoms with E-state index >= 15 is 0 Å². The van der Waals surface area contributed by atoms with Gasteiger partial charge in [0.25, 0.3) is 5.91 Å². The van der Waals surface area contributed by atoms with Crippen molar-refractivity contribution in [2.75, 3.05) is 11.9 Å². The Morgan fingerprint density at radius 3 is 2.67 bits per heavy atom. The smallest absolute Gasteiger partial charge is 0.266 e. The molecule has 1 fully saturated rings. The monoisotopic (exact) mass is 398 g/mol. The Morgan fingerprint density at radius 2 is 2.00 bits per heavy atom. The number of anilines is 1. The van der Waals surface area contributed by atoms with E-state index in [1.165, 1.54) is 34.4 Å². The van der Waals surface area contributed by atoms with Crippen LogP contribution in [0.2, 0.25) is 0 Å². The number of benzene rings is 2. The number of rotatable bonds is 5. The van der Waals surface area contributed by atoms with Crippen LogP contribution in [0.25, 0.3) is 6.08 Å². The van der Waals surface area contributed by atoms with Gasteiger partial charge < -0.3 is 10.4 Å². The number of thioether (sulfide) groups is 1. The average Bonchev–Trinajstić information content (AvgIpc) is 2.90. The van der Waals surface area contributed by atoms with Gasteiger partial charge in [-0.1, -0.05) is 61.2 Å². The second-order valence-corrected chi connectivity index (χ2v) is 7.64. The third-order valence-corrected chi connectivity index (χ3v) is 5.37. The molecular weight excluding hydrogens is 380 g/mol. The molecule has 0 unspecified atom stereocenters. The number of thiocarbonyl (C=S) groups is 1. The lowest BCUT2D eigenvalue weighted by atomic mass is 10.1. The summed E-state index contributed by atoms with van der Waals surface area (Å²) in [6, 6.07) is 14.2. The van der Waals surface area contributed by atoms with Crippen molar-refractivity contribution in [2.24, 2.45) is 0 Å². The third kappa shape index (κ3) is 4.75. The van der Waals surface area contributed by atoms with Crippen LogP contribution in [0.5, 0.6) is 5.75 Å². The number of carbonyl (C=O) groups excluding carboxylic acids is 2. The standard InChI is InChI=1S/C20H18N2O3S2/c1-2-13-6-8-14(9-7-13)10-17-19(25)22(20(26)27-17)12-18(24)21-15-4-3-5-16(23)11-15/h3-11,23H,2,12H2,1H3,(H,21,24)/b17-10+. The minimum Gasteiger partial charge on any atom is -0.508 e. The summed E-state index contributed by atoms with van der Waals surface area (Å²) in [6.45, 7) is 1.91. The Balaban J connectivity index is 1.68. The Kier molecular flexibility index (Phi) is 5.93. The highest BCUT2D eigenvalue weighted by Crippen LogP contribution is 2.32. The summed E-state index contributed by atoms with van der Waals surface area (Å²) >= 11 is 6.45. The Bertz CT molecular complexity index is 923. The molecule has 3 rings (SSSR count). The molecule has 2 N–H and O–H groups in total. The van der Waals surface area contributed by atoms with Crippen molar-refractivity contribution in [1.29, 1.82) is 0 Å². The van der Waals surface area contributed by atoms with Gasteiger partial charge in [0.15, 0.2) is 0 Å². The molecule has 1 saturated heterocycles. The molecule has 0 bridgehead atoms. The van der Waals surface area contributed by atoms with Crippen molar-refractivity contribution < 1.29 is 14.7 Å². The number of aromatic hydroxyl groups is 1. The van der Waals surface area contributed by atoms with Crippen LogP contribution in [-0.4, -0.2) is 32.7 Å². The highest BCUT2D eigenvalue weighted by Gasteiger charge is 2.33. The first-order chi connectivity index (χ1) is 13.0. The summed E-state index contributed by atoms with van der Waals surface area (Å²) in [7, 11) is 0. The Morgan fingerprint density at radius 1 is 1.26 bits per heavy atom. The molecule has 7 heteroatoms. The zero-order valence-corrected chi connectivity index (χ0v) is 16.3. The summed E-state index contributed by atoms with van der Waals surface area (Å²) in [5.74, 6) is -0.614. The van der Waals surface area contributed by atoms with Gasteiger partial charge in [0, 0.05) is 11.8 Å². The fourth-order valence-corrected chi connectivity index (χ4v) is 3.82. The molecule has 138 valence electrons. The molecule has 1 aliphatic heterocycles. The average molecular weight is 399 g/mol. The van der Waals surface area contributed by atoms with Crippen LogP contribution in [0, 0.1) is 0 Å². The largest absolute Gasteiger partial charge is 0.508 e. The maximum atomic E-state index is 12.6. The number of hydrogen-bond donors (Lipinski definition) is 2. The van der Waals surface area contributed by atoms with Crippen LogP contribution >= 0.6 is 24.0 Å². The molecule has 0 saturated carbocycles. The summed E-state index contributed by atoms with van der Waals surface area (Å²) < 4.78 is 0.350. The van der Waals surface area contributed by atoms with Gasteiger partial charge in [-0.05, 0) is 35.8 Å². The van der Waals surface area contributed by atoms with Gasteiger partial charge >= 0.3 is 0 Å². The molecule has 2 amide bonds. The van der Waals surface area contributed by atoms with E-state index in [0.29, 0.717) is 14.9 Å². The molecule has 2 aromatic carbocycles. The fraction of sp³-hybridized carbons (Fsp3) is 0.150. The Hall–Kier alpha value is -2.64. The van der Waals surface area contributed by atoms with E-state index in [2.05, 4.69) is 12.2 Å². The summed E-state index contributed by atoms with van der Waals surface area (Å²) in [4.78, 5) is 26.6. The summed E-state index contributed by atoms with van der Waals surface area (Å²) in [5.41, 5.74) is 2.59. The van der Waals surface area contributed by atoms with Gasteiger partial charge in [-0.25, -0.2) is 0 Å². The summed E-state index contributed by atoms with van der Waals surface area (Å²) in [6.07, 6.45) is 2.74. The minimum atomic E-state index is -0.384. The topological polar surface area (TPSA) is 69.6 Å². The van der Waals surface area contributed by atoms with Gasteiger partial charge in [0.05, 0.1) is 4.91 Å². The molecule has 2 aromatic rings. The second kappa shape index (κ2) is 8.37. The summed E-state index contributed by atoms with van der Waals surface area (Å²) in [5, 5.41) is 12.1. The van der Waals surface area contributed by atoms with E-state index in [1.807, 2.05) is 24.3 Å². The first-order valence-electron chi connectivity index (χ1n) is 8.39. The highest BCUT2D eigenvalue weighted by molar-refractivity contribution is 8.26. The van der Waals surface area contributed by atoms with Gasteiger partial charge in [-0.15, -0.1) is 0 Å². The third-order valence-electron chi connectivity index (χ3n) is 3.99. The number of carbonyl (C=O) groups is 2. The molecule has 0 radical (unpaired) electrons. The molecule has 0 spiro atoms. The maximum absolute atomic E-state index is 12.6. The molecule has 27 heavy (non-hydrogen) atoms. The Labute approximate surface area is 167 Å². The SMILES string of the molecule is CCc1ccc(/C=C2/SC(=S)N(CC(=O)Nc3cccc(O)c3)C2=O)cc1. The lowest BCUT2D eigenvalue weighted by molar-refractivity contribution is -0.126. The van der Waals surface area contributed by atoms with Gasteiger partial charge in [-0.2, -0.15) is 0 Å². The molecule has 0 aliphatic carbocycles. The number of amides is 2. The van der Waals surface area contributed by atoms with Gasteiger partial charge in [0.2, 0.25) is 5.91 Å². The van der Waals surface area contributed by atoms with E-state index in [-0.39, 0.29) is 24.1 Å². The van der Waals surface area contributed by atoms with Crippen molar-refractivity contribution in [3.05, 3.63) is 64.6 Å². The minimum absolute atomic E-state index is 0.0513. The van der Waals surface area contributed by atoms with Crippen molar-refractivity contribution in [2.45, 2.75) is 13.3 Å². The number of hydrogen-bond acceptors (Lipinski definition) is 5. The van der Waals surface area contributed by atoms with E-state index in [4.69, 9.17) is 12.2 Å². The lowest BCUT2D eigenvalue weighted by Crippen LogP contribution is -2.36. The van der Waals surface area contributed by atoms with Crippen molar-refractivity contribution in [3.63, 3.8) is 0 Å². The van der Waals surface area contributed by atoms with Crippen LogP contribution in [-0.2, 0) is 16.0 Å². The predicted molar refractivity (Wildman–Crippen MR) is 112 cm³/mol. The first kappa shape index (κ1) is 19.1. The van der Waals surface area contributed by atoms with Gasteiger partial charge in [0.1, 0.15) is 16.6 Å². The van der Waals surface area contributed by atoms with Gasteiger partial charge in [-0.3, -0.25) is 14.5 Å². The lowest BCUT2D eigenvalue weighted by Gasteiger charge is -2.14. The number of nitrogens with zero attached hydrogens (tertiary/aromatic N) is 1. The highest BCUT2D eigenvalue weighted by atomic mass is 32.2. The van der Waals surface area contributed by atoms with Crippen molar-refractivity contribution >= 4 is 51.9 Å². The van der Waals surface area contributed by atoms with E-state index in [1.54, 1.807) is 18.2 Å². The van der Waals surface area contributed by atoms with Crippen LogP contribution in [0.1, 0.15) is 18.1 Å². The fourth-order valence-electron chi connectivity index (χ4n) is 2.57. The molecule has 1 heterocycles. The zero-order valence-electron chi connectivity index (χ0n) is 14.6. The van der Waals surface area contributed by atoms with E-state index < -0.39 is 0 Å². The number of phenols is 1. The van der Waals surface area contributed by atoms with Crippen LogP contribution < -0.4 is 5.32 Å². The molecule has 5 nitrogen and oxygen atoms in total. The number of aryl methyl sites for hydroxylation is 1. The first-order valence-corrected chi connectivity index (χ1v) is 9.62. The van der Waals surface area contributed by atoms with Crippen molar-refractivity contribution in [3.8, 4) is 5.75 Å². The van der Waals surface area contributed by atoms with Crippen LogP contribution in [0.3, 0.4) is 0 Å². The van der Waals surface area contributed by atoms with E-state index in [0.717, 1.165) is 12.0 Å². The molecule has 0 atom stereocenters. The predicted octanol–water partition coefficient (Wildman–Crippen LogP) is 3.79.